The van der Waals surface area contributed by atoms with Crippen molar-refractivity contribution in [3.8, 4) is 0 Å². The maximum atomic E-state index is 11.4. The molecule has 0 N–H and O–H groups in total. The van der Waals surface area contributed by atoms with E-state index in [1.807, 2.05) is 0 Å². The van der Waals surface area contributed by atoms with Gasteiger partial charge in [-0.1, -0.05) is 71.3 Å². The summed E-state index contributed by atoms with van der Waals surface area (Å²) in [6.45, 7) is 16.1. The molecule has 2 heteroatoms. The molecule has 3 aliphatic carbocycles. The summed E-state index contributed by atoms with van der Waals surface area (Å²) < 4.78 is 5.53. The van der Waals surface area contributed by atoms with Crippen LogP contribution in [0, 0.1) is 35.0 Å². The lowest BCUT2D eigenvalue weighted by Gasteiger charge is -2.43. The molecule has 3 rings (SSSR count). The van der Waals surface area contributed by atoms with Crippen molar-refractivity contribution in [3.63, 3.8) is 0 Å². The Hall–Kier alpha value is -1.31. The lowest BCUT2D eigenvalue weighted by molar-refractivity contribution is -0.146. The third-order valence-corrected chi connectivity index (χ3v) is 9.67. The van der Waals surface area contributed by atoms with E-state index in [4.69, 9.17) is 4.74 Å². The van der Waals surface area contributed by atoms with Crippen LogP contribution in [0.15, 0.2) is 34.9 Å². The summed E-state index contributed by atoms with van der Waals surface area (Å²) in [4.78, 5) is 11.4. The summed E-state index contributed by atoms with van der Waals surface area (Å²) in [5, 5.41) is 0. The fraction of sp³-hybridized carbons (Fsp3) is 0.774. The third-order valence-electron chi connectivity index (χ3n) is 9.67. The molecule has 186 valence electrons. The Balaban J connectivity index is 1.66. The van der Waals surface area contributed by atoms with Gasteiger partial charge in [0, 0.05) is 13.3 Å². The van der Waals surface area contributed by atoms with Crippen molar-refractivity contribution in [1.82, 2.24) is 0 Å². The predicted octanol–water partition coefficient (Wildman–Crippen LogP) is 8.83. The summed E-state index contributed by atoms with van der Waals surface area (Å²) in [5.74, 6) is 3.91. The van der Waals surface area contributed by atoms with Gasteiger partial charge in [-0.25, -0.2) is 0 Å². The van der Waals surface area contributed by atoms with Gasteiger partial charge in [0.05, 0.1) is 0 Å². The first-order chi connectivity index (χ1) is 15.7. The fourth-order valence-corrected chi connectivity index (χ4v) is 7.47. The average molecular weight is 455 g/mol. The highest BCUT2D eigenvalue weighted by molar-refractivity contribution is 5.66. The second-order valence-corrected chi connectivity index (χ2v) is 12.1. The molecule has 1 fully saturated rings. The molecule has 0 bridgehead atoms. The molecule has 6 atom stereocenters. The molecule has 0 amide bonds. The standard InChI is InChI=1S/C31H50O2/c1-8-25(21(2)3)13-11-23(5)29-17-18-30-26(10-9-19-31(29,30)7)14-15-27-20-28(33-24(6)32)16-12-22(27)4/h10,14-15,21,23,25,28-30H,8-9,11-13,16-20H2,1-7H3/b15-14+/t23-,25-,28+,29-,30+,31-/m1/s1. The van der Waals surface area contributed by atoms with Gasteiger partial charge in [0.1, 0.15) is 6.10 Å². The van der Waals surface area contributed by atoms with E-state index >= 15 is 0 Å². The first kappa shape index (κ1) is 26.3. The Kier molecular flexibility index (Phi) is 9.09. The minimum absolute atomic E-state index is 0.0472. The number of esters is 1. The number of hydrogen-bond acceptors (Lipinski definition) is 2. The Bertz CT molecular complexity index is 770. The maximum absolute atomic E-state index is 11.4. The van der Waals surface area contributed by atoms with Crippen LogP contribution in [0.4, 0.5) is 0 Å². The molecule has 0 spiro atoms. The topological polar surface area (TPSA) is 26.3 Å². The van der Waals surface area contributed by atoms with Crippen LogP contribution in [0.3, 0.4) is 0 Å². The summed E-state index contributed by atoms with van der Waals surface area (Å²) in [6.07, 6.45) is 19.6. The van der Waals surface area contributed by atoms with Gasteiger partial charge in [0.25, 0.3) is 0 Å². The largest absolute Gasteiger partial charge is 0.462 e. The van der Waals surface area contributed by atoms with E-state index in [0.717, 1.165) is 42.9 Å². The molecule has 0 heterocycles. The number of hydrogen-bond donors (Lipinski definition) is 0. The lowest BCUT2D eigenvalue weighted by atomic mass is 9.62. The molecular weight excluding hydrogens is 404 g/mol. The van der Waals surface area contributed by atoms with Crippen molar-refractivity contribution in [2.75, 3.05) is 0 Å². The number of carbonyl (C=O) groups excluding carboxylic acids is 1. The van der Waals surface area contributed by atoms with Gasteiger partial charge in [0.15, 0.2) is 0 Å². The molecule has 0 aromatic rings. The van der Waals surface area contributed by atoms with E-state index in [2.05, 4.69) is 59.8 Å². The first-order valence-electron chi connectivity index (χ1n) is 13.9. The van der Waals surface area contributed by atoms with Crippen molar-refractivity contribution in [1.29, 1.82) is 0 Å². The second kappa shape index (κ2) is 11.4. The van der Waals surface area contributed by atoms with Gasteiger partial charge in [-0.05, 0) is 98.0 Å². The number of rotatable bonds is 9. The van der Waals surface area contributed by atoms with Crippen molar-refractivity contribution in [3.05, 3.63) is 34.9 Å². The van der Waals surface area contributed by atoms with Crippen molar-refractivity contribution >= 4 is 5.97 Å². The van der Waals surface area contributed by atoms with Crippen molar-refractivity contribution < 1.29 is 9.53 Å². The van der Waals surface area contributed by atoms with E-state index in [9.17, 15) is 4.79 Å². The number of carbonyl (C=O) groups is 1. The van der Waals surface area contributed by atoms with Crippen LogP contribution in [0.2, 0.25) is 0 Å². The van der Waals surface area contributed by atoms with E-state index in [1.54, 1.807) is 5.57 Å². The molecule has 2 nitrogen and oxygen atoms in total. The molecule has 0 radical (unpaired) electrons. The highest BCUT2D eigenvalue weighted by Crippen LogP contribution is 2.59. The van der Waals surface area contributed by atoms with Gasteiger partial charge in [0.2, 0.25) is 0 Å². The first-order valence-corrected chi connectivity index (χ1v) is 13.9. The maximum Gasteiger partial charge on any atom is 0.302 e. The second-order valence-electron chi connectivity index (χ2n) is 12.1. The molecule has 1 saturated carbocycles. The van der Waals surface area contributed by atoms with Gasteiger partial charge < -0.3 is 4.74 Å². The minimum atomic E-state index is -0.154. The summed E-state index contributed by atoms with van der Waals surface area (Å²) in [6, 6.07) is 0. The quantitative estimate of drug-likeness (QED) is 0.325. The normalized spacial score (nSPS) is 32.1. The van der Waals surface area contributed by atoms with Crippen LogP contribution in [-0.4, -0.2) is 12.1 Å². The fourth-order valence-electron chi connectivity index (χ4n) is 7.47. The Morgan fingerprint density at radius 2 is 1.94 bits per heavy atom. The van der Waals surface area contributed by atoms with Gasteiger partial charge in [-0.3, -0.25) is 4.79 Å². The Labute approximate surface area is 204 Å². The SMILES string of the molecule is CC[C@H](CC[C@@H](C)[C@H]1CC[C@H]2C(/C=C/C3=C(C)CC[C@H](OC(C)=O)C3)=CCC[C@]12C)C(C)C. The van der Waals surface area contributed by atoms with E-state index in [1.165, 1.54) is 63.0 Å². The molecule has 0 saturated heterocycles. The lowest BCUT2D eigenvalue weighted by Crippen LogP contribution is -2.35. The van der Waals surface area contributed by atoms with Gasteiger partial charge in [-0.15, -0.1) is 0 Å². The van der Waals surface area contributed by atoms with E-state index in [-0.39, 0.29) is 12.1 Å². The highest BCUT2D eigenvalue weighted by Gasteiger charge is 2.49. The zero-order chi connectivity index (χ0) is 24.2. The summed E-state index contributed by atoms with van der Waals surface area (Å²) >= 11 is 0. The molecular formula is C31H50O2. The van der Waals surface area contributed by atoms with Gasteiger partial charge >= 0.3 is 5.97 Å². The zero-order valence-corrected chi connectivity index (χ0v) is 22.6. The minimum Gasteiger partial charge on any atom is -0.462 e. The van der Waals surface area contributed by atoms with Crippen molar-refractivity contribution in [2.45, 2.75) is 119 Å². The van der Waals surface area contributed by atoms with Gasteiger partial charge in [-0.2, -0.15) is 0 Å². The highest BCUT2D eigenvalue weighted by atomic mass is 16.5. The zero-order valence-electron chi connectivity index (χ0n) is 22.6. The number of ether oxygens (including phenoxy) is 1. The van der Waals surface area contributed by atoms with Crippen LogP contribution < -0.4 is 0 Å². The van der Waals surface area contributed by atoms with E-state index < -0.39 is 0 Å². The molecule has 0 aromatic carbocycles. The average Bonchev–Trinajstić information content (AvgIpc) is 3.11. The van der Waals surface area contributed by atoms with Crippen LogP contribution in [-0.2, 0) is 9.53 Å². The Morgan fingerprint density at radius 3 is 2.61 bits per heavy atom. The predicted molar refractivity (Wildman–Crippen MR) is 140 cm³/mol. The van der Waals surface area contributed by atoms with Crippen LogP contribution in [0.5, 0.6) is 0 Å². The smallest absolute Gasteiger partial charge is 0.302 e. The van der Waals surface area contributed by atoms with Crippen LogP contribution >= 0.6 is 0 Å². The van der Waals surface area contributed by atoms with Crippen molar-refractivity contribution in [2.24, 2.45) is 35.0 Å². The summed E-state index contributed by atoms with van der Waals surface area (Å²) in [7, 11) is 0. The molecule has 0 aromatic heterocycles. The van der Waals surface area contributed by atoms with Crippen LogP contribution in [0.25, 0.3) is 0 Å². The Morgan fingerprint density at radius 1 is 1.18 bits per heavy atom. The number of allylic oxidation sites excluding steroid dienone is 5. The number of fused-ring (bicyclic) bond motifs is 1. The molecule has 0 aliphatic heterocycles. The molecule has 33 heavy (non-hydrogen) atoms. The summed E-state index contributed by atoms with van der Waals surface area (Å²) in [5.41, 5.74) is 4.86. The van der Waals surface area contributed by atoms with E-state index in [0.29, 0.717) is 11.3 Å². The molecule has 0 unspecified atom stereocenters. The van der Waals surface area contributed by atoms with Crippen LogP contribution in [0.1, 0.15) is 113 Å². The monoisotopic (exact) mass is 454 g/mol. The third kappa shape index (κ3) is 6.23. The molecule has 3 aliphatic rings.